The van der Waals surface area contributed by atoms with Crippen LogP contribution in [-0.2, 0) is 0 Å². The maximum absolute atomic E-state index is 6.11. The smallest absolute Gasteiger partial charge is 0.133 e. The van der Waals surface area contributed by atoms with Gasteiger partial charge in [-0.05, 0) is 30.3 Å². The summed E-state index contributed by atoms with van der Waals surface area (Å²) in [5.74, 6) is 0.567. The number of halogens is 1. The lowest BCUT2D eigenvalue weighted by atomic mass is 10.2. The van der Waals surface area contributed by atoms with Crippen molar-refractivity contribution in [2.24, 2.45) is 0 Å². The quantitative estimate of drug-likeness (QED) is 0.554. The van der Waals surface area contributed by atoms with Crippen LogP contribution in [0.1, 0.15) is 0 Å². The van der Waals surface area contributed by atoms with E-state index in [1.54, 1.807) is 6.20 Å². The monoisotopic (exact) mass is 337 g/mol. The molecule has 4 heteroatoms. The molecule has 0 fully saturated rings. The van der Waals surface area contributed by atoms with Crippen molar-refractivity contribution < 1.29 is 0 Å². The third-order valence-corrected chi connectivity index (χ3v) is 4.17. The number of benzene rings is 2. The minimum Gasteiger partial charge on any atom is -0.383 e. The van der Waals surface area contributed by atoms with Gasteiger partial charge in [0, 0.05) is 21.7 Å². The first-order chi connectivity index (χ1) is 10.3. The number of pyridine rings is 1. The summed E-state index contributed by atoms with van der Waals surface area (Å²) in [6.45, 7) is 0. The van der Waals surface area contributed by atoms with Crippen molar-refractivity contribution in [1.82, 2.24) is 9.55 Å². The molecule has 0 aliphatic heterocycles. The molecule has 2 aromatic carbocycles. The zero-order valence-electron chi connectivity index (χ0n) is 11.1. The summed E-state index contributed by atoms with van der Waals surface area (Å²) >= 11 is 3.54. The molecule has 0 aliphatic rings. The molecule has 2 N–H and O–H groups in total. The van der Waals surface area contributed by atoms with E-state index in [2.05, 4.69) is 49.7 Å². The zero-order chi connectivity index (χ0) is 14.4. The predicted octanol–water partition coefficient (Wildman–Crippen LogP) is 4.52. The summed E-state index contributed by atoms with van der Waals surface area (Å²) < 4.78 is 3.26. The maximum Gasteiger partial charge on any atom is 0.133 e. The molecule has 2 aromatic heterocycles. The number of fused-ring (bicyclic) bond motifs is 3. The highest BCUT2D eigenvalue weighted by Crippen LogP contribution is 2.34. The lowest BCUT2D eigenvalue weighted by Crippen LogP contribution is -1.94. The molecule has 21 heavy (non-hydrogen) atoms. The highest BCUT2D eigenvalue weighted by Gasteiger charge is 2.14. The van der Waals surface area contributed by atoms with Crippen molar-refractivity contribution in [1.29, 1.82) is 0 Å². The Hall–Kier alpha value is -2.33. The van der Waals surface area contributed by atoms with Crippen LogP contribution < -0.4 is 5.73 Å². The first-order valence-corrected chi connectivity index (χ1v) is 7.44. The van der Waals surface area contributed by atoms with Crippen molar-refractivity contribution in [2.45, 2.75) is 0 Å². The second-order valence-corrected chi connectivity index (χ2v) is 5.84. The first kappa shape index (κ1) is 12.4. The number of rotatable bonds is 1. The minimum absolute atomic E-state index is 0.567. The second-order valence-electron chi connectivity index (χ2n) is 4.92. The van der Waals surface area contributed by atoms with Crippen molar-refractivity contribution in [3.8, 4) is 5.69 Å². The summed E-state index contributed by atoms with van der Waals surface area (Å²) in [6, 6.07) is 18.5. The van der Waals surface area contributed by atoms with E-state index in [1.807, 2.05) is 30.3 Å². The van der Waals surface area contributed by atoms with Gasteiger partial charge in [0.1, 0.15) is 5.82 Å². The maximum atomic E-state index is 6.11. The van der Waals surface area contributed by atoms with Gasteiger partial charge in [0.05, 0.1) is 16.4 Å². The van der Waals surface area contributed by atoms with Crippen LogP contribution in [0.2, 0.25) is 0 Å². The van der Waals surface area contributed by atoms with Gasteiger partial charge in [-0.25, -0.2) is 4.98 Å². The summed E-state index contributed by atoms with van der Waals surface area (Å²) in [6.07, 6.45) is 1.75. The van der Waals surface area contributed by atoms with E-state index in [1.165, 1.54) is 0 Å². The van der Waals surface area contributed by atoms with Crippen LogP contribution in [0.25, 0.3) is 27.5 Å². The van der Waals surface area contributed by atoms with Crippen molar-refractivity contribution in [3.63, 3.8) is 0 Å². The zero-order valence-corrected chi connectivity index (χ0v) is 12.7. The van der Waals surface area contributed by atoms with Crippen molar-refractivity contribution in [2.75, 3.05) is 5.73 Å². The van der Waals surface area contributed by atoms with Crippen molar-refractivity contribution in [3.05, 3.63) is 65.3 Å². The molecular weight excluding hydrogens is 326 g/mol. The van der Waals surface area contributed by atoms with Crippen LogP contribution >= 0.6 is 15.9 Å². The summed E-state index contributed by atoms with van der Waals surface area (Å²) in [5, 5.41) is 2.13. The Labute approximate surface area is 130 Å². The molecule has 4 rings (SSSR count). The fourth-order valence-electron chi connectivity index (χ4n) is 2.83. The van der Waals surface area contributed by atoms with Gasteiger partial charge in [0.15, 0.2) is 0 Å². The molecule has 2 heterocycles. The molecule has 0 radical (unpaired) electrons. The number of aromatic nitrogens is 2. The number of nitrogen functional groups attached to an aromatic ring is 1. The highest BCUT2D eigenvalue weighted by atomic mass is 79.9. The second kappa shape index (κ2) is 4.60. The van der Waals surface area contributed by atoms with Gasteiger partial charge in [0.25, 0.3) is 0 Å². The molecule has 0 aliphatic carbocycles. The SMILES string of the molecule is Nc1nccc2c1c1ccccc1n2-c1cccc(Br)c1. The van der Waals surface area contributed by atoms with E-state index in [0.717, 1.165) is 32.0 Å². The van der Waals surface area contributed by atoms with E-state index in [4.69, 9.17) is 5.73 Å². The van der Waals surface area contributed by atoms with E-state index in [9.17, 15) is 0 Å². The summed E-state index contributed by atoms with van der Waals surface area (Å²) in [5.41, 5.74) is 9.41. The van der Waals surface area contributed by atoms with Gasteiger partial charge >= 0.3 is 0 Å². The minimum atomic E-state index is 0.567. The number of para-hydroxylation sites is 1. The summed E-state index contributed by atoms with van der Waals surface area (Å²) in [4.78, 5) is 4.24. The van der Waals surface area contributed by atoms with Gasteiger partial charge in [0.2, 0.25) is 0 Å². The molecule has 3 nitrogen and oxygen atoms in total. The number of anilines is 1. The van der Waals surface area contributed by atoms with Crippen LogP contribution in [0.3, 0.4) is 0 Å². The Kier molecular flexibility index (Phi) is 2.72. The van der Waals surface area contributed by atoms with E-state index >= 15 is 0 Å². The van der Waals surface area contributed by atoms with Gasteiger partial charge in [-0.15, -0.1) is 0 Å². The Morgan fingerprint density at radius 2 is 1.81 bits per heavy atom. The molecule has 0 saturated carbocycles. The van der Waals surface area contributed by atoms with Crippen LogP contribution in [-0.4, -0.2) is 9.55 Å². The Morgan fingerprint density at radius 1 is 0.952 bits per heavy atom. The molecule has 102 valence electrons. The number of hydrogen-bond acceptors (Lipinski definition) is 2. The molecule has 0 bridgehead atoms. The standard InChI is InChI=1S/C17H12BrN3/c18-11-4-3-5-12(10-11)21-14-7-2-1-6-13(14)16-15(21)8-9-20-17(16)19/h1-10H,(H2,19,20). The number of nitrogens with zero attached hydrogens (tertiary/aromatic N) is 2. The largest absolute Gasteiger partial charge is 0.383 e. The molecule has 4 aromatic rings. The first-order valence-electron chi connectivity index (χ1n) is 6.65. The normalized spacial score (nSPS) is 11.3. The fraction of sp³-hybridized carbons (Fsp3) is 0. The lowest BCUT2D eigenvalue weighted by Gasteiger charge is -2.08. The van der Waals surface area contributed by atoms with Crippen LogP contribution in [0.5, 0.6) is 0 Å². The average Bonchev–Trinajstić information content (AvgIpc) is 2.83. The number of hydrogen-bond donors (Lipinski definition) is 1. The van der Waals surface area contributed by atoms with Crippen LogP contribution in [0.15, 0.2) is 65.3 Å². The molecular formula is C17H12BrN3. The topological polar surface area (TPSA) is 43.8 Å². The van der Waals surface area contributed by atoms with E-state index in [-0.39, 0.29) is 0 Å². The molecule has 0 spiro atoms. The predicted molar refractivity (Wildman–Crippen MR) is 90.7 cm³/mol. The van der Waals surface area contributed by atoms with Crippen LogP contribution in [0.4, 0.5) is 5.82 Å². The Morgan fingerprint density at radius 3 is 2.67 bits per heavy atom. The van der Waals surface area contributed by atoms with E-state index in [0.29, 0.717) is 5.82 Å². The van der Waals surface area contributed by atoms with E-state index < -0.39 is 0 Å². The van der Waals surface area contributed by atoms with Gasteiger partial charge < -0.3 is 10.3 Å². The molecule has 0 unspecified atom stereocenters. The highest BCUT2D eigenvalue weighted by molar-refractivity contribution is 9.10. The van der Waals surface area contributed by atoms with Gasteiger partial charge in [-0.3, -0.25) is 0 Å². The third kappa shape index (κ3) is 1.83. The molecule has 0 saturated heterocycles. The Bertz CT molecular complexity index is 972. The van der Waals surface area contributed by atoms with Gasteiger partial charge in [-0.1, -0.05) is 40.2 Å². The van der Waals surface area contributed by atoms with Crippen molar-refractivity contribution >= 4 is 43.6 Å². The third-order valence-electron chi connectivity index (χ3n) is 3.68. The van der Waals surface area contributed by atoms with Gasteiger partial charge in [-0.2, -0.15) is 0 Å². The lowest BCUT2D eigenvalue weighted by molar-refractivity contribution is 1.17. The molecule has 0 atom stereocenters. The number of nitrogens with two attached hydrogens (primary N) is 1. The summed E-state index contributed by atoms with van der Waals surface area (Å²) in [7, 11) is 0. The van der Waals surface area contributed by atoms with Crippen LogP contribution in [0, 0.1) is 0 Å². The Balaban J connectivity index is 2.23. The average molecular weight is 338 g/mol. The molecule has 0 amide bonds. The fourth-order valence-corrected chi connectivity index (χ4v) is 3.22.